The Morgan fingerprint density at radius 3 is 2.60 bits per heavy atom. The summed E-state index contributed by atoms with van der Waals surface area (Å²) in [4.78, 5) is 30.3. The van der Waals surface area contributed by atoms with Crippen LogP contribution in [0.4, 0.5) is 16.0 Å². The van der Waals surface area contributed by atoms with E-state index in [1.54, 1.807) is 24.4 Å². The maximum Gasteiger partial charge on any atom is 0.324 e. The molecule has 0 amide bonds. The van der Waals surface area contributed by atoms with Crippen LogP contribution >= 0.6 is 0 Å². The van der Waals surface area contributed by atoms with E-state index in [9.17, 15) is 14.3 Å². The first-order valence-electron chi connectivity index (χ1n) is 14.3. The smallest absolute Gasteiger partial charge is 0.324 e. The average Bonchev–Trinajstić information content (AvgIpc) is 3.50. The SMILES string of the molecule is [C-]#[N+]c1ccc(-c2nc(N3CCC(N)CC3)n3ccnc3c2-c2ccc(OCCCCCCC(=O)ON)c(O)c2)cc1F. The number of piperidine rings is 1. The van der Waals surface area contributed by atoms with Crippen LogP contribution < -0.4 is 21.3 Å². The Morgan fingerprint density at radius 1 is 1.12 bits per heavy atom. The summed E-state index contributed by atoms with van der Waals surface area (Å²) in [6, 6.07) is 9.65. The number of anilines is 1. The molecular weight excluding hydrogens is 553 g/mol. The van der Waals surface area contributed by atoms with Gasteiger partial charge in [0.25, 0.3) is 0 Å². The van der Waals surface area contributed by atoms with E-state index in [1.807, 2.05) is 16.7 Å². The molecule has 0 atom stereocenters. The number of carbonyl (C=O) groups is 1. The molecule has 0 radical (unpaired) electrons. The topological polar surface area (TPSA) is 146 Å². The normalized spacial score (nSPS) is 13.7. The fraction of sp³-hybridized carbons (Fsp3) is 0.355. The molecule has 0 saturated carbocycles. The molecule has 3 heterocycles. The molecule has 0 spiro atoms. The lowest BCUT2D eigenvalue weighted by molar-refractivity contribution is -0.144. The van der Waals surface area contributed by atoms with Gasteiger partial charge in [0.05, 0.1) is 24.4 Å². The van der Waals surface area contributed by atoms with E-state index in [1.165, 1.54) is 12.1 Å². The van der Waals surface area contributed by atoms with E-state index in [0.29, 0.717) is 52.8 Å². The number of aromatic nitrogens is 3. The molecule has 12 heteroatoms. The van der Waals surface area contributed by atoms with E-state index in [0.717, 1.165) is 45.2 Å². The van der Waals surface area contributed by atoms with Gasteiger partial charge >= 0.3 is 5.97 Å². The second-order valence-electron chi connectivity index (χ2n) is 10.5. The first-order valence-corrected chi connectivity index (χ1v) is 14.3. The van der Waals surface area contributed by atoms with Crippen molar-refractivity contribution in [3.63, 3.8) is 0 Å². The number of halogens is 1. The highest BCUT2D eigenvalue weighted by Crippen LogP contribution is 2.40. The Hall–Kier alpha value is -4.73. The van der Waals surface area contributed by atoms with Gasteiger partial charge in [-0.15, -0.1) is 0 Å². The molecule has 11 nitrogen and oxygen atoms in total. The number of fused-ring (bicyclic) bond motifs is 1. The van der Waals surface area contributed by atoms with Crippen LogP contribution in [0.5, 0.6) is 11.5 Å². The third-order valence-corrected chi connectivity index (χ3v) is 7.60. The molecule has 0 unspecified atom stereocenters. The summed E-state index contributed by atoms with van der Waals surface area (Å²) in [6.07, 6.45) is 8.55. The standard InChI is InChI=1S/C31H34FN7O4/c1-35-24-9-7-21(18-23(24)32)29-28(30-36-13-16-39(30)31(37-29)38-14-11-22(33)12-15-38)20-8-10-26(25(40)19-20)42-17-5-3-2-4-6-27(41)43-34/h7-10,13,16,18-19,22,40H,2-6,11-12,14-15,17,33-34H2. The summed E-state index contributed by atoms with van der Waals surface area (Å²) in [5.74, 6) is 4.72. The van der Waals surface area contributed by atoms with Crippen molar-refractivity contribution < 1.29 is 23.9 Å². The molecule has 1 aliphatic heterocycles. The zero-order chi connectivity index (χ0) is 30.3. The number of hydrogen-bond donors (Lipinski definition) is 3. The molecule has 1 aliphatic rings. The second-order valence-corrected chi connectivity index (χ2v) is 10.5. The van der Waals surface area contributed by atoms with Gasteiger partial charge in [-0.3, -0.25) is 9.20 Å². The minimum atomic E-state index is -0.639. The molecule has 2 aromatic carbocycles. The van der Waals surface area contributed by atoms with Crippen LogP contribution in [0.15, 0.2) is 48.8 Å². The number of benzene rings is 2. The molecule has 5 rings (SSSR count). The van der Waals surface area contributed by atoms with Gasteiger partial charge < -0.3 is 25.3 Å². The lowest BCUT2D eigenvalue weighted by Crippen LogP contribution is -2.40. The number of imidazole rings is 1. The fourth-order valence-electron chi connectivity index (χ4n) is 5.27. The Kier molecular flexibility index (Phi) is 9.34. The molecule has 224 valence electrons. The monoisotopic (exact) mass is 587 g/mol. The van der Waals surface area contributed by atoms with Crippen molar-refractivity contribution >= 4 is 23.3 Å². The van der Waals surface area contributed by atoms with Crippen LogP contribution in [0.2, 0.25) is 0 Å². The number of phenolic OH excluding ortho intramolecular Hbond substituents is 1. The number of ether oxygens (including phenoxy) is 1. The summed E-state index contributed by atoms with van der Waals surface area (Å²) >= 11 is 0. The zero-order valence-electron chi connectivity index (χ0n) is 23.7. The van der Waals surface area contributed by atoms with Crippen molar-refractivity contribution in [2.45, 2.75) is 51.0 Å². The fourth-order valence-corrected chi connectivity index (χ4v) is 5.27. The highest BCUT2D eigenvalue weighted by atomic mass is 19.1. The van der Waals surface area contributed by atoms with Crippen molar-refractivity contribution in [1.29, 1.82) is 0 Å². The Bertz CT molecular complexity index is 1640. The van der Waals surface area contributed by atoms with Gasteiger partial charge in [0, 0.05) is 43.5 Å². The molecule has 1 saturated heterocycles. The van der Waals surface area contributed by atoms with Crippen LogP contribution in [0.25, 0.3) is 32.9 Å². The van der Waals surface area contributed by atoms with E-state index in [4.69, 9.17) is 27.9 Å². The van der Waals surface area contributed by atoms with Gasteiger partial charge in [-0.1, -0.05) is 31.0 Å². The molecular formula is C31H34FN7O4. The van der Waals surface area contributed by atoms with E-state index >= 15 is 0 Å². The molecule has 0 aliphatic carbocycles. The number of carbonyl (C=O) groups excluding carboxylic acids is 1. The highest BCUT2D eigenvalue weighted by molar-refractivity contribution is 5.92. The van der Waals surface area contributed by atoms with Gasteiger partial charge in [0.15, 0.2) is 11.5 Å². The molecule has 1 fully saturated rings. The van der Waals surface area contributed by atoms with Gasteiger partial charge in [-0.2, -0.15) is 5.90 Å². The van der Waals surface area contributed by atoms with Gasteiger partial charge in [0.1, 0.15) is 11.5 Å². The van der Waals surface area contributed by atoms with Crippen LogP contribution in [-0.4, -0.2) is 51.2 Å². The minimum absolute atomic E-state index is 0.0533. The first kappa shape index (κ1) is 29.8. The Labute approximate surface area is 248 Å². The number of rotatable bonds is 11. The van der Waals surface area contributed by atoms with Crippen LogP contribution in [0, 0.1) is 12.4 Å². The van der Waals surface area contributed by atoms with Gasteiger partial charge in [-0.25, -0.2) is 19.2 Å². The number of aromatic hydroxyl groups is 1. The molecule has 0 bridgehead atoms. The quantitative estimate of drug-likeness (QED) is 0.123. The zero-order valence-corrected chi connectivity index (χ0v) is 23.7. The molecule has 5 N–H and O–H groups in total. The average molecular weight is 588 g/mol. The maximum atomic E-state index is 14.8. The lowest BCUT2D eigenvalue weighted by atomic mass is 9.99. The number of nitrogens with zero attached hydrogens (tertiary/aromatic N) is 5. The highest BCUT2D eigenvalue weighted by Gasteiger charge is 2.25. The van der Waals surface area contributed by atoms with Crippen molar-refractivity contribution in [2.75, 3.05) is 24.6 Å². The molecule has 4 aromatic rings. The van der Waals surface area contributed by atoms with Crippen molar-refractivity contribution in [2.24, 2.45) is 11.6 Å². The summed E-state index contributed by atoms with van der Waals surface area (Å²) < 4.78 is 22.6. The van der Waals surface area contributed by atoms with Gasteiger partial charge in [0.2, 0.25) is 11.6 Å². The van der Waals surface area contributed by atoms with Crippen molar-refractivity contribution in [3.8, 4) is 33.9 Å². The summed E-state index contributed by atoms with van der Waals surface area (Å²) in [6.45, 7) is 9.08. The number of unbranched alkanes of at least 4 members (excludes halogenated alkanes) is 3. The van der Waals surface area contributed by atoms with Crippen molar-refractivity contribution in [1.82, 2.24) is 14.4 Å². The maximum absolute atomic E-state index is 14.8. The van der Waals surface area contributed by atoms with Crippen LogP contribution in [0.1, 0.15) is 44.9 Å². The van der Waals surface area contributed by atoms with Gasteiger partial charge in [-0.05, 0) is 49.4 Å². The van der Waals surface area contributed by atoms with E-state index < -0.39 is 11.8 Å². The Balaban J connectivity index is 1.45. The van der Waals surface area contributed by atoms with Crippen molar-refractivity contribution in [3.05, 3.63) is 66.0 Å². The number of phenols is 1. The third kappa shape index (κ3) is 6.69. The predicted octanol–water partition coefficient (Wildman–Crippen LogP) is 5.13. The summed E-state index contributed by atoms with van der Waals surface area (Å²) in [7, 11) is 0. The molecule has 2 aromatic heterocycles. The van der Waals surface area contributed by atoms with E-state index in [2.05, 4.69) is 19.6 Å². The van der Waals surface area contributed by atoms with Crippen LogP contribution in [-0.2, 0) is 9.63 Å². The predicted molar refractivity (Wildman–Crippen MR) is 160 cm³/mol. The second kappa shape index (κ2) is 13.5. The van der Waals surface area contributed by atoms with E-state index in [-0.39, 0.29) is 23.9 Å². The summed E-state index contributed by atoms with van der Waals surface area (Å²) in [5, 5.41) is 10.9. The summed E-state index contributed by atoms with van der Waals surface area (Å²) in [5.41, 5.74) is 8.86. The minimum Gasteiger partial charge on any atom is -0.504 e. The number of nitrogens with two attached hydrogens (primary N) is 2. The first-order chi connectivity index (χ1) is 20.9. The number of hydrogen-bond acceptors (Lipinski definition) is 9. The third-order valence-electron chi connectivity index (χ3n) is 7.60. The largest absolute Gasteiger partial charge is 0.504 e. The Morgan fingerprint density at radius 2 is 1.88 bits per heavy atom. The van der Waals surface area contributed by atoms with Crippen LogP contribution in [0.3, 0.4) is 0 Å². The molecule has 43 heavy (non-hydrogen) atoms. The lowest BCUT2D eigenvalue weighted by Gasteiger charge is -2.32.